The lowest BCUT2D eigenvalue weighted by Crippen LogP contribution is -2.11. The van der Waals surface area contributed by atoms with Crippen LogP contribution in [0.1, 0.15) is 0 Å². The van der Waals surface area contributed by atoms with Crippen molar-refractivity contribution in [1.29, 1.82) is 0 Å². The maximum atomic E-state index is 12.7. The average Bonchev–Trinajstić information content (AvgIpc) is 2.32. The van der Waals surface area contributed by atoms with E-state index in [1.165, 1.54) is 6.33 Å². The lowest BCUT2D eigenvalue weighted by Gasteiger charge is -1.93. The Balaban J connectivity index is 2.95. The fraction of sp³-hybridized carbons (Fsp3) is 0. The minimum atomic E-state index is -0.836. The van der Waals surface area contributed by atoms with Gasteiger partial charge in [0, 0.05) is 0 Å². The number of hydrogen-bond donors (Lipinski definition) is 2. The summed E-state index contributed by atoms with van der Waals surface area (Å²) in [5.41, 5.74) is 5.75. The summed E-state index contributed by atoms with van der Waals surface area (Å²) < 4.78 is 13.4. The number of aromatic nitrogens is 4. The van der Waals surface area contributed by atoms with E-state index in [4.69, 9.17) is 11.6 Å². The van der Waals surface area contributed by atoms with Crippen molar-refractivity contribution in [3.05, 3.63) is 12.4 Å². The van der Waals surface area contributed by atoms with Crippen LogP contribution in [0.5, 0.6) is 0 Å². The fourth-order valence-corrected chi connectivity index (χ4v) is 0.900. The molecule has 0 bridgehead atoms. The number of anilines is 1. The Labute approximate surface area is 66.0 Å². The van der Waals surface area contributed by atoms with E-state index in [9.17, 15) is 4.39 Å². The SMILES string of the molecule is Nc1ncnc2c1nc(F)n2N. The highest BCUT2D eigenvalue weighted by Gasteiger charge is 2.11. The van der Waals surface area contributed by atoms with E-state index in [2.05, 4.69) is 15.0 Å². The second kappa shape index (κ2) is 2.03. The van der Waals surface area contributed by atoms with Crippen LogP contribution in [-0.4, -0.2) is 19.6 Å². The zero-order valence-corrected chi connectivity index (χ0v) is 5.90. The second-order valence-electron chi connectivity index (χ2n) is 2.18. The van der Waals surface area contributed by atoms with Gasteiger partial charge in [-0.1, -0.05) is 0 Å². The molecule has 0 aliphatic heterocycles. The molecule has 2 rings (SSSR count). The first-order valence-corrected chi connectivity index (χ1v) is 3.09. The molecule has 0 saturated carbocycles. The fourth-order valence-electron chi connectivity index (χ4n) is 0.900. The van der Waals surface area contributed by atoms with E-state index in [0.29, 0.717) is 4.68 Å². The predicted octanol–water partition coefficient (Wildman–Crippen LogP) is -0.739. The molecule has 6 nitrogen and oxygen atoms in total. The van der Waals surface area contributed by atoms with E-state index in [1.54, 1.807) is 0 Å². The normalized spacial score (nSPS) is 10.8. The van der Waals surface area contributed by atoms with Gasteiger partial charge >= 0.3 is 6.08 Å². The van der Waals surface area contributed by atoms with Crippen LogP contribution in [0.3, 0.4) is 0 Å². The van der Waals surface area contributed by atoms with E-state index in [-0.39, 0.29) is 17.0 Å². The van der Waals surface area contributed by atoms with Crippen molar-refractivity contribution in [2.75, 3.05) is 11.6 Å². The number of nitrogen functional groups attached to an aromatic ring is 2. The summed E-state index contributed by atoms with van der Waals surface area (Å²) in [6, 6.07) is 0. The number of halogens is 1. The second-order valence-corrected chi connectivity index (χ2v) is 2.18. The monoisotopic (exact) mass is 168 g/mol. The Bertz CT molecular complexity index is 435. The third kappa shape index (κ3) is 0.698. The van der Waals surface area contributed by atoms with Gasteiger partial charge in [-0.3, -0.25) is 0 Å². The van der Waals surface area contributed by atoms with Gasteiger partial charge in [-0.25, -0.2) is 9.97 Å². The van der Waals surface area contributed by atoms with Crippen LogP contribution in [0, 0.1) is 6.08 Å². The van der Waals surface area contributed by atoms with Gasteiger partial charge in [0.25, 0.3) is 0 Å². The summed E-state index contributed by atoms with van der Waals surface area (Å²) in [4.78, 5) is 10.8. The lowest BCUT2D eigenvalue weighted by atomic mass is 10.5. The van der Waals surface area contributed by atoms with Crippen LogP contribution in [0.4, 0.5) is 10.2 Å². The quantitative estimate of drug-likeness (QED) is 0.399. The Kier molecular flexibility index (Phi) is 1.15. The van der Waals surface area contributed by atoms with Crippen molar-refractivity contribution in [2.24, 2.45) is 0 Å². The Morgan fingerprint density at radius 2 is 2.17 bits per heavy atom. The zero-order valence-electron chi connectivity index (χ0n) is 5.90. The third-order valence-electron chi connectivity index (χ3n) is 1.46. The van der Waals surface area contributed by atoms with Gasteiger partial charge in [0.1, 0.15) is 6.33 Å². The molecule has 0 aliphatic carbocycles. The molecule has 0 amide bonds. The van der Waals surface area contributed by atoms with Gasteiger partial charge in [-0.2, -0.15) is 14.1 Å². The summed E-state index contributed by atoms with van der Waals surface area (Å²) >= 11 is 0. The minimum absolute atomic E-state index is 0.114. The molecule has 2 heterocycles. The average molecular weight is 168 g/mol. The largest absolute Gasteiger partial charge is 0.382 e. The van der Waals surface area contributed by atoms with Crippen LogP contribution >= 0.6 is 0 Å². The first-order valence-electron chi connectivity index (χ1n) is 3.09. The van der Waals surface area contributed by atoms with Gasteiger partial charge in [-0.05, 0) is 0 Å². The molecule has 0 atom stereocenters. The van der Waals surface area contributed by atoms with Crippen molar-refractivity contribution in [3.8, 4) is 0 Å². The van der Waals surface area contributed by atoms with Crippen molar-refractivity contribution < 1.29 is 4.39 Å². The van der Waals surface area contributed by atoms with Crippen LogP contribution in [0.25, 0.3) is 11.2 Å². The first kappa shape index (κ1) is 6.77. The van der Waals surface area contributed by atoms with Crippen LogP contribution in [0.15, 0.2) is 6.33 Å². The number of nitrogens with two attached hydrogens (primary N) is 2. The molecule has 0 fully saturated rings. The molecule has 62 valence electrons. The summed E-state index contributed by atoms with van der Waals surface area (Å²) in [5.74, 6) is 5.35. The number of imidazole rings is 1. The maximum absolute atomic E-state index is 12.7. The molecular weight excluding hydrogens is 163 g/mol. The van der Waals surface area contributed by atoms with Crippen molar-refractivity contribution in [1.82, 2.24) is 19.6 Å². The van der Waals surface area contributed by atoms with Crippen molar-refractivity contribution >= 4 is 17.0 Å². The first-order chi connectivity index (χ1) is 5.70. The molecule has 2 aromatic heterocycles. The van der Waals surface area contributed by atoms with Crippen LogP contribution in [-0.2, 0) is 0 Å². The van der Waals surface area contributed by atoms with Gasteiger partial charge < -0.3 is 11.6 Å². The van der Waals surface area contributed by atoms with Gasteiger partial charge in [-0.15, -0.1) is 0 Å². The van der Waals surface area contributed by atoms with Gasteiger partial charge in [0.05, 0.1) is 0 Å². The highest BCUT2D eigenvalue weighted by Crippen LogP contribution is 2.13. The molecule has 0 unspecified atom stereocenters. The van der Waals surface area contributed by atoms with Gasteiger partial charge in [0.2, 0.25) is 0 Å². The highest BCUT2D eigenvalue weighted by molar-refractivity contribution is 5.81. The molecule has 0 saturated heterocycles. The Morgan fingerprint density at radius 3 is 2.83 bits per heavy atom. The standard InChI is InChI=1S/C5H5FN6/c6-5-11-2-3(7)9-1-10-4(2)12(5)8/h1H,8H2,(H2,7,9,10). The van der Waals surface area contributed by atoms with E-state index in [1.807, 2.05) is 0 Å². The lowest BCUT2D eigenvalue weighted by molar-refractivity contribution is 0.518. The summed E-state index contributed by atoms with van der Waals surface area (Å²) in [6.07, 6.45) is 0.361. The third-order valence-corrected chi connectivity index (χ3v) is 1.46. The molecule has 12 heavy (non-hydrogen) atoms. The molecule has 0 radical (unpaired) electrons. The Hall–Kier alpha value is -1.92. The van der Waals surface area contributed by atoms with E-state index < -0.39 is 6.08 Å². The van der Waals surface area contributed by atoms with Crippen LogP contribution in [0.2, 0.25) is 0 Å². The molecule has 0 aromatic carbocycles. The van der Waals surface area contributed by atoms with E-state index in [0.717, 1.165) is 0 Å². The molecule has 7 heteroatoms. The topological polar surface area (TPSA) is 95.6 Å². The number of fused-ring (bicyclic) bond motifs is 1. The maximum Gasteiger partial charge on any atom is 0.310 e. The Morgan fingerprint density at radius 1 is 1.42 bits per heavy atom. The molecule has 2 aromatic rings. The molecular formula is C5H5FN6. The van der Waals surface area contributed by atoms with Crippen molar-refractivity contribution in [3.63, 3.8) is 0 Å². The van der Waals surface area contributed by atoms with E-state index >= 15 is 0 Å². The highest BCUT2D eigenvalue weighted by atomic mass is 19.1. The number of rotatable bonds is 0. The number of hydrogen-bond acceptors (Lipinski definition) is 5. The summed E-state index contributed by atoms with van der Waals surface area (Å²) in [6.45, 7) is 0. The van der Waals surface area contributed by atoms with Gasteiger partial charge in [0.15, 0.2) is 17.0 Å². The molecule has 0 aliphatic rings. The predicted molar refractivity (Wildman–Crippen MR) is 39.8 cm³/mol. The molecule has 0 spiro atoms. The zero-order chi connectivity index (χ0) is 8.72. The summed E-state index contributed by atoms with van der Waals surface area (Å²) in [7, 11) is 0. The smallest absolute Gasteiger partial charge is 0.310 e. The molecule has 4 N–H and O–H groups in total. The van der Waals surface area contributed by atoms with Crippen LogP contribution < -0.4 is 11.6 Å². The number of nitrogens with zero attached hydrogens (tertiary/aromatic N) is 4. The minimum Gasteiger partial charge on any atom is -0.382 e. The van der Waals surface area contributed by atoms with Crippen molar-refractivity contribution in [2.45, 2.75) is 0 Å². The summed E-state index contributed by atoms with van der Waals surface area (Å²) in [5, 5.41) is 0.